The Morgan fingerprint density at radius 2 is 1.79 bits per heavy atom. The topological polar surface area (TPSA) is 88.1 Å². The first-order chi connectivity index (χ1) is 14.0. The number of aryl methyl sites for hydroxylation is 1. The van der Waals surface area contributed by atoms with Crippen molar-refractivity contribution in [2.24, 2.45) is 5.10 Å². The minimum Gasteiger partial charge on any atom is -0.448 e. The molecule has 0 radical (unpaired) electrons. The van der Waals surface area contributed by atoms with Gasteiger partial charge >= 0.3 is 5.97 Å². The lowest BCUT2D eigenvalue weighted by molar-refractivity contribution is -0.146. The Morgan fingerprint density at radius 3 is 2.45 bits per heavy atom. The summed E-state index contributed by atoms with van der Waals surface area (Å²) in [6.45, 7) is 3.55. The molecule has 0 aliphatic carbocycles. The average molecular weight is 393 g/mol. The van der Waals surface area contributed by atoms with Crippen molar-refractivity contribution in [3.63, 3.8) is 0 Å². The summed E-state index contributed by atoms with van der Waals surface area (Å²) in [5.74, 6) is -1.34. The van der Waals surface area contributed by atoms with Crippen molar-refractivity contribution in [2.45, 2.75) is 39.2 Å². The number of benzene rings is 2. The Kier molecular flexibility index (Phi) is 6.39. The van der Waals surface area contributed by atoms with Crippen LogP contribution in [0.15, 0.2) is 59.7 Å². The van der Waals surface area contributed by atoms with Crippen LogP contribution in [0.2, 0.25) is 0 Å². The van der Waals surface area contributed by atoms with Gasteiger partial charge in [0.2, 0.25) is 5.91 Å². The van der Waals surface area contributed by atoms with Crippen LogP contribution in [0.3, 0.4) is 0 Å². The molecule has 1 N–H and O–H groups in total. The number of anilines is 2. The smallest absolute Gasteiger partial charge is 0.355 e. The maximum Gasteiger partial charge on any atom is 0.355 e. The summed E-state index contributed by atoms with van der Waals surface area (Å²) in [4.78, 5) is 36.9. The molecule has 0 aromatic heterocycles. The number of hydrogen-bond donors (Lipinski definition) is 1. The van der Waals surface area contributed by atoms with Crippen molar-refractivity contribution in [3.05, 3.63) is 60.2 Å². The van der Waals surface area contributed by atoms with Crippen molar-refractivity contribution >= 4 is 34.9 Å². The van der Waals surface area contributed by atoms with Gasteiger partial charge in [-0.05, 0) is 43.2 Å². The lowest BCUT2D eigenvalue weighted by atomic mass is 10.1. The molecule has 1 aliphatic heterocycles. The molecule has 2 amide bonds. The predicted molar refractivity (Wildman–Crippen MR) is 111 cm³/mol. The van der Waals surface area contributed by atoms with Gasteiger partial charge in [-0.25, -0.2) is 9.80 Å². The highest BCUT2D eigenvalue weighted by molar-refractivity contribution is 6.38. The lowest BCUT2D eigenvalue weighted by Gasteiger charge is -2.23. The van der Waals surface area contributed by atoms with E-state index in [0.29, 0.717) is 11.4 Å². The highest BCUT2D eigenvalue weighted by atomic mass is 16.5. The van der Waals surface area contributed by atoms with Crippen LogP contribution >= 0.6 is 0 Å². The standard InChI is InChI=1S/C22H23N3O4/c1-3-16-9-11-17(12-10-16)23-21(27)15(2)29-22(28)19-13-14-20(26)25(24-19)18-7-5-4-6-8-18/h4-12,15H,3,13-14H2,1-2H3,(H,23,27)/t15-/m0/s1. The first kappa shape index (κ1) is 20.3. The van der Waals surface area contributed by atoms with Crippen LogP contribution in [0.4, 0.5) is 11.4 Å². The molecule has 0 spiro atoms. The third-order valence-electron chi connectivity index (χ3n) is 4.55. The number of carbonyl (C=O) groups is 3. The Hall–Kier alpha value is -3.48. The summed E-state index contributed by atoms with van der Waals surface area (Å²) in [6, 6.07) is 16.3. The molecule has 3 rings (SSSR count). The van der Waals surface area contributed by atoms with Gasteiger partial charge in [0.25, 0.3) is 5.91 Å². The Labute approximate surface area is 169 Å². The van der Waals surface area contributed by atoms with Crippen molar-refractivity contribution in [1.82, 2.24) is 0 Å². The summed E-state index contributed by atoms with van der Waals surface area (Å²) in [6.07, 6.45) is 0.229. The van der Waals surface area contributed by atoms with Crippen molar-refractivity contribution in [3.8, 4) is 0 Å². The summed E-state index contributed by atoms with van der Waals surface area (Å²) in [7, 11) is 0. The van der Waals surface area contributed by atoms with Gasteiger partial charge in [0.15, 0.2) is 6.10 Å². The normalized spacial score (nSPS) is 14.8. The van der Waals surface area contributed by atoms with Gasteiger partial charge in [-0.3, -0.25) is 9.59 Å². The number of rotatable bonds is 6. The van der Waals surface area contributed by atoms with E-state index in [4.69, 9.17) is 4.74 Å². The molecular formula is C22H23N3O4. The predicted octanol–water partition coefficient (Wildman–Crippen LogP) is 3.30. The number of ether oxygens (including phenoxy) is 1. The molecule has 2 aromatic rings. The molecule has 29 heavy (non-hydrogen) atoms. The van der Waals surface area contributed by atoms with E-state index in [-0.39, 0.29) is 24.5 Å². The fourth-order valence-corrected chi connectivity index (χ4v) is 2.82. The van der Waals surface area contributed by atoms with Crippen molar-refractivity contribution in [2.75, 3.05) is 10.3 Å². The molecule has 1 atom stereocenters. The van der Waals surface area contributed by atoms with Crippen LogP contribution in [0.25, 0.3) is 0 Å². The molecule has 0 saturated heterocycles. The van der Waals surface area contributed by atoms with E-state index in [1.54, 1.807) is 36.4 Å². The van der Waals surface area contributed by atoms with Gasteiger partial charge in [-0.1, -0.05) is 37.3 Å². The number of nitrogens with one attached hydrogen (secondary N) is 1. The van der Waals surface area contributed by atoms with Gasteiger partial charge < -0.3 is 10.1 Å². The van der Waals surface area contributed by atoms with E-state index < -0.39 is 18.0 Å². The molecule has 150 valence electrons. The summed E-state index contributed by atoms with van der Waals surface area (Å²) < 4.78 is 5.27. The van der Waals surface area contributed by atoms with Gasteiger partial charge in [0, 0.05) is 18.5 Å². The minimum atomic E-state index is -1.00. The van der Waals surface area contributed by atoms with Gasteiger partial charge in [-0.2, -0.15) is 5.10 Å². The third-order valence-corrected chi connectivity index (χ3v) is 4.55. The third kappa shape index (κ3) is 5.07. The van der Waals surface area contributed by atoms with Crippen LogP contribution in [-0.4, -0.2) is 29.6 Å². The van der Waals surface area contributed by atoms with Crippen LogP contribution < -0.4 is 10.3 Å². The van der Waals surface area contributed by atoms with E-state index >= 15 is 0 Å². The van der Waals surface area contributed by atoms with E-state index in [1.807, 2.05) is 18.2 Å². The Morgan fingerprint density at radius 1 is 1.10 bits per heavy atom. The fourth-order valence-electron chi connectivity index (χ4n) is 2.82. The molecule has 0 unspecified atom stereocenters. The van der Waals surface area contributed by atoms with Crippen LogP contribution in [0.5, 0.6) is 0 Å². The molecule has 2 aromatic carbocycles. The second kappa shape index (κ2) is 9.14. The van der Waals surface area contributed by atoms with Crippen molar-refractivity contribution in [1.29, 1.82) is 0 Å². The SMILES string of the molecule is CCc1ccc(NC(=O)[C@H](C)OC(=O)C2=NN(c3ccccc3)C(=O)CC2)cc1. The highest BCUT2D eigenvalue weighted by Gasteiger charge is 2.28. The number of nitrogens with zero attached hydrogens (tertiary/aromatic N) is 2. The molecular weight excluding hydrogens is 370 g/mol. The van der Waals surface area contributed by atoms with Crippen molar-refractivity contribution < 1.29 is 19.1 Å². The molecule has 7 heteroatoms. The van der Waals surface area contributed by atoms with E-state index in [9.17, 15) is 14.4 Å². The van der Waals surface area contributed by atoms with E-state index in [0.717, 1.165) is 12.0 Å². The zero-order valence-electron chi connectivity index (χ0n) is 16.4. The van der Waals surface area contributed by atoms with Crippen LogP contribution in [-0.2, 0) is 25.5 Å². The maximum atomic E-state index is 12.5. The molecule has 0 fully saturated rings. The number of amides is 2. The quantitative estimate of drug-likeness (QED) is 0.763. The number of hydrazone groups is 1. The molecule has 0 saturated carbocycles. The van der Waals surface area contributed by atoms with Gasteiger partial charge in [-0.15, -0.1) is 0 Å². The lowest BCUT2D eigenvalue weighted by Crippen LogP contribution is -2.37. The Bertz CT molecular complexity index is 923. The van der Waals surface area contributed by atoms with Gasteiger partial charge in [0.05, 0.1) is 5.69 Å². The molecule has 7 nitrogen and oxygen atoms in total. The number of para-hydroxylation sites is 1. The van der Waals surface area contributed by atoms with E-state index in [1.165, 1.54) is 11.9 Å². The zero-order valence-corrected chi connectivity index (χ0v) is 16.4. The zero-order chi connectivity index (χ0) is 20.8. The molecule has 0 bridgehead atoms. The molecule has 1 aliphatic rings. The monoisotopic (exact) mass is 393 g/mol. The van der Waals surface area contributed by atoms with E-state index in [2.05, 4.69) is 17.3 Å². The average Bonchev–Trinajstić information content (AvgIpc) is 2.75. The van der Waals surface area contributed by atoms with Crippen LogP contribution in [0.1, 0.15) is 32.3 Å². The maximum absolute atomic E-state index is 12.5. The van der Waals surface area contributed by atoms with Crippen LogP contribution in [0, 0.1) is 0 Å². The Balaban J connectivity index is 1.63. The first-order valence-corrected chi connectivity index (χ1v) is 9.54. The molecule has 1 heterocycles. The highest BCUT2D eigenvalue weighted by Crippen LogP contribution is 2.20. The first-order valence-electron chi connectivity index (χ1n) is 9.54. The second-order valence-electron chi connectivity index (χ2n) is 6.68. The summed E-state index contributed by atoms with van der Waals surface area (Å²) in [5.41, 5.74) is 2.48. The number of carbonyl (C=O) groups excluding carboxylic acids is 3. The summed E-state index contributed by atoms with van der Waals surface area (Å²) >= 11 is 0. The van der Waals surface area contributed by atoms with Gasteiger partial charge in [0.1, 0.15) is 5.71 Å². The minimum absolute atomic E-state index is 0.111. The number of esters is 1. The number of hydrogen-bond acceptors (Lipinski definition) is 5. The fraction of sp³-hybridized carbons (Fsp3) is 0.273. The second-order valence-corrected chi connectivity index (χ2v) is 6.68. The largest absolute Gasteiger partial charge is 0.448 e. The summed E-state index contributed by atoms with van der Waals surface area (Å²) in [5, 5.41) is 8.06.